The summed E-state index contributed by atoms with van der Waals surface area (Å²) in [5.74, 6) is 0.381. The normalized spacial score (nSPS) is 21.2. The molecule has 2 rings (SSSR count). The molecule has 1 aromatic carbocycles. The zero-order valence-electron chi connectivity index (χ0n) is 12.1. The first-order chi connectivity index (χ1) is 9.24. The predicted molar refractivity (Wildman–Crippen MR) is 79.1 cm³/mol. The van der Waals surface area contributed by atoms with Gasteiger partial charge in [-0.3, -0.25) is 4.79 Å². The fourth-order valence-electron chi connectivity index (χ4n) is 3.03. The molecule has 0 radical (unpaired) electrons. The van der Waals surface area contributed by atoms with E-state index in [4.69, 9.17) is 0 Å². The lowest BCUT2D eigenvalue weighted by Crippen LogP contribution is -2.44. The fourth-order valence-corrected chi connectivity index (χ4v) is 3.03. The first-order valence-corrected chi connectivity index (χ1v) is 7.59. The van der Waals surface area contributed by atoms with Crippen molar-refractivity contribution in [3.63, 3.8) is 0 Å². The standard InChI is InChI=1S/C17H25NO/c1-3-9-16(15-11-5-4-6-12-15)17(19)18-13-8-7-10-14(18)2/h4-6,11-12,14,16H,3,7-10,13H2,1-2H3. The van der Waals surface area contributed by atoms with Gasteiger partial charge in [-0.2, -0.15) is 0 Å². The first kappa shape index (κ1) is 14.1. The molecule has 0 bridgehead atoms. The molecule has 2 nitrogen and oxygen atoms in total. The van der Waals surface area contributed by atoms with Crippen molar-refractivity contribution in [2.75, 3.05) is 6.54 Å². The zero-order chi connectivity index (χ0) is 13.7. The van der Waals surface area contributed by atoms with E-state index in [9.17, 15) is 4.79 Å². The molecule has 2 atom stereocenters. The van der Waals surface area contributed by atoms with Crippen molar-refractivity contribution in [3.05, 3.63) is 35.9 Å². The van der Waals surface area contributed by atoms with Crippen molar-refractivity contribution < 1.29 is 4.79 Å². The maximum Gasteiger partial charge on any atom is 0.230 e. The van der Waals surface area contributed by atoms with Gasteiger partial charge in [-0.1, -0.05) is 43.7 Å². The molecule has 1 fully saturated rings. The number of likely N-dealkylation sites (tertiary alicyclic amines) is 1. The molecule has 0 spiro atoms. The van der Waals surface area contributed by atoms with Gasteiger partial charge in [0.25, 0.3) is 0 Å². The van der Waals surface area contributed by atoms with Gasteiger partial charge in [-0.25, -0.2) is 0 Å². The van der Waals surface area contributed by atoms with Gasteiger partial charge in [0.15, 0.2) is 0 Å². The Morgan fingerprint density at radius 1 is 1.32 bits per heavy atom. The second-order valence-electron chi connectivity index (χ2n) is 5.63. The highest BCUT2D eigenvalue weighted by atomic mass is 16.2. The van der Waals surface area contributed by atoms with Gasteiger partial charge in [0.1, 0.15) is 0 Å². The molecule has 19 heavy (non-hydrogen) atoms. The minimum absolute atomic E-state index is 0.0479. The lowest BCUT2D eigenvalue weighted by molar-refractivity contribution is -0.136. The number of nitrogens with zero attached hydrogens (tertiary/aromatic N) is 1. The van der Waals surface area contributed by atoms with Crippen molar-refractivity contribution in [1.29, 1.82) is 0 Å². The molecule has 0 aliphatic carbocycles. The van der Waals surface area contributed by atoms with Gasteiger partial charge >= 0.3 is 0 Å². The summed E-state index contributed by atoms with van der Waals surface area (Å²) in [6.07, 6.45) is 5.57. The van der Waals surface area contributed by atoms with Crippen molar-refractivity contribution in [2.45, 2.75) is 57.9 Å². The average molecular weight is 259 g/mol. The molecule has 1 heterocycles. The second-order valence-corrected chi connectivity index (χ2v) is 5.63. The van der Waals surface area contributed by atoms with Crippen LogP contribution in [0.4, 0.5) is 0 Å². The van der Waals surface area contributed by atoms with Crippen LogP contribution >= 0.6 is 0 Å². The zero-order valence-corrected chi connectivity index (χ0v) is 12.1. The number of amides is 1. The lowest BCUT2D eigenvalue weighted by Gasteiger charge is -2.36. The van der Waals surface area contributed by atoms with Gasteiger partial charge < -0.3 is 4.90 Å². The highest BCUT2D eigenvalue weighted by molar-refractivity contribution is 5.84. The molecule has 1 aromatic rings. The number of carbonyl (C=O) groups excluding carboxylic acids is 1. The van der Waals surface area contributed by atoms with Crippen LogP contribution in [-0.2, 0) is 4.79 Å². The number of benzene rings is 1. The van der Waals surface area contributed by atoms with E-state index in [0.717, 1.165) is 32.2 Å². The highest BCUT2D eigenvalue weighted by Gasteiger charge is 2.29. The van der Waals surface area contributed by atoms with Crippen molar-refractivity contribution >= 4 is 5.91 Å². The van der Waals surface area contributed by atoms with E-state index >= 15 is 0 Å². The number of rotatable bonds is 4. The smallest absolute Gasteiger partial charge is 0.230 e. The molecule has 0 N–H and O–H groups in total. The highest BCUT2D eigenvalue weighted by Crippen LogP contribution is 2.27. The van der Waals surface area contributed by atoms with E-state index in [1.807, 2.05) is 18.2 Å². The predicted octanol–water partition coefficient (Wildman–Crippen LogP) is 3.97. The van der Waals surface area contributed by atoms with E-state index in [0.29, 0.717) is 11.9 Å². The van der Waals surface area contributed by atoms with Crippen LogP contribution in [0.3, 0.4) is 0 Å². The topological polar surface area (TPSA) is 20.3 Å². The third-order valence-corrected chi connectivity index (χ3v) is 4.16. The maximum atomic E-state index is 12.8. The van der Waals surface area contributed by atoms with Crippen molar-refractivity contribution in [2.24, 2.45) is 0 Å². The summed E-state index contributed by atoms with van der Waals surface area (Å²) in [5, 5.41) is 0. The largest absolute Gasteiger partial charge is 0.339 e. The maximum absolute atomic E-state index is 12.8. The summed E-state index contributed by atoms with van der Waals surface area (Å²) in [6, 6.07) is 10.7. The molecule has 1 amide bonds. The van der Waals surface area contributed by atoms with Gasteiger partial charge in [0, 0.05) is 12.6 Å². The summed E-state index contributed by atoms with van der Waals surface area (Å²) in [6.45, 7) is 5.28. The number of piperidine rings is 1. The summed E-state index contributed by atoms with van der Waals surface area (Å²) < 4.78 is 0. The third kappa shape index (κ3) is 3.37. The van der Waals surface area contributed by atoms with E-state index < -0.39 is 0 Å². The van der Waals surface area contributed by atoms with Gasteiger partial charge in [0.2, 0.25) is 5.91 Å². The number of hydrogen-bond donors (Lipinski definition) is 0. The van der Waals surface area contributed by atoms with Crippen LogP contribution in [0.5, 0.6) is 0 Å². The summed E-state index contributed by atoms with van der Waals surface area (Å²) in [5.41, 5.74) is 1.17. The van der Waals surface area contributed by atoms with Crippen LogP contribution in [0.2, 0.25) is 0 Å². The molecule has 2 unspecified atom stereocenters. The Kier molecular flexibility index (Phi) is 5.00. The van der Waals surface area contributed by atoms with Crippen LogP contribution in [0.25, 0.3) is 0 Å². The Balaban J connectivity index is 2.16. The minimum Gasteiger partial charge on any atom is -0.339 e. The fraction of sp³-hybridized carbons (Fsp3) is 0.588. The Bertz CT molecular complexity index is 401. The van der Waals surface area contributed by atoms with E-state index in [1.54, 1.807) is 0 Å². The summed E-state index contributed by atoms with van der Waals surface area (Å²) >= 11 is 0. The third-order valence-electron chi connectivity index (χ3n) is 4.16. The Hall–Kier alpha value is -1.31. The molecule has 1 aliphatic heterocycles. The monoisotopic (exact) mass is 259 g/mol. The second kappa shape index (κ2) is 6.74. The number of carbonyl (C=O) groups is 1. The molecule has 0 saturated carbocycles. The van der Waals surface area contributed by atoms with Crippen molar-refractivity contribution in [1.82, 2.24) is 4.90 Å². The first-order valence-electron chi connectivity index (χ1n) is 7.59. The molecule has 1 saturated heterocycles. The Labute approximate surface area is 116 Å². The Morgan fingerprint density at radius 3 is 2.68 bits per heavy atom. The minimum atomic E-state index is 0.0479. The molecule has 0 aromatic heterocycles. The van der Waals surface area contributed by atoms with Crippen LogP contribution in [0.1, 0.15) is 57.4 Å². The molecule has 104 valence electrons. The van der Waals surface area contributed by atoms with Crippen LogP contribution in [-0.4, -0.2) is 23.4 Å². The summed E-state index contributed by atoms with van der Waals surface area (Å²) in [7, 11) is 0. The number of hydrogen-bond acceptors (Lipinski definition) is 1. The molecular weight excluding hydrogens is 234 g/mol. The SMILES string of the molecule is CCCC(C(=O)N1CCCCC1C)c1ccccc1. The quantitative estimate of drug-likeness (QED) is 0.801. The molecule has 2 heteroatoms. The van der Waals surface area contributed by atoms with Crippen LogP contribution in [0, 0.1) is 0 Å². The van der Waals surface area contributed by atoms with Crippen LogP contribution in [0.15, 0.2) is 30.3 Å². The van der Waals surface area contributed by atoms with E-state index in [2.05, 4.69) is 30.9 Å². The van der Waals surface area contributed by atoms with Gasteiger partial charge in [-0.15, -0.1) is 0 Å². The van der Waals surface area contributed by atoms with Crippen LogP contribution < -0.4 is 0 Å². The van der Waals surface area contributed by atoms with E-state index in [-0.39, 0.29) is 5.92 Å². The molecule has 1 aliphatic rings. The van der Waals surface area contributed by atoms with E-state index in [1.165, 1.54) is 12.0 Å². The average Bonchev–Trinajstić information content (AvgIpc) is 2.45. The van der Waals surface area contributed by atoms with Gasteiger partial charge in [0.05, 0.1) is 5.92 Å². The van der Waals surface area contributed by atoms with Gasteiger partial charge in [-0.05, 0) is 38.2 Å². The summed E-state index contributed by atoms with van der Waals surface area (Å²) in [4.78, 5) is 14.9. The lowest BCUT2D eigenvalue weighted by atomic mass is 9.91. The molecular formula is C17H25NO. The van der Waals surface area contributed by atoms with Crippen molar-refractivity contribution in [3.8, 4) is 0 Å². The Morgan fingerprint density at radius 2 is 2.05 bits per heavy atom.